The summed E-state index contributed by atoms with van der Waals surface area (Å²) >= 11 is 0. The first-order valence-electron chi connectivity index (χ1n) is 12.2. The third kappa shape index (κ3) is 4.78. The molecule has 1 aromatic heterocycles. The van der Waals surface area contributed by atoms with Crippen LogP contribution >= 0.6 is 0 Å². The average molecular weight is 438 g/mol. The van der Waals surface area contributed by atoms with Crippen LogP contribution in [0.3, 0.4) is 0 Å². The summed E-state index contributed by atoms with van der Waals surface area (Å²) in [6, 6.07) is 10.7. The standard InChI is InChI=1S/C27H39N3O2/c1-18-8-6-9-19-12-13-23(29-24(18)19)30-15-14-22(26(2,3)17-30)25(31)28-21-11-7-10-20(16-21)27(4,5)32/h6,8-9,12-13,20-22,32H,7,10-11,14-17H2,1-5H3,(H,28,31)/t20-,21-,22+/m0/s1. The van der Waals surface area contributed by atoms with E-state index in [1.807, 2.05) is 13.8 Å². The normalized spacial score (nSPS) is 26.2. The fourth-order valence-electron chi connectivity index (χ4n) is 5.76. The van der Waals surface area contributed by atoms with Gasteiger partial charge in [-0.2, -0.15) is 0 Å². The number of benzene rings is 1. The van der Waals surface area contributed by atoms with Crippen LogP contribution in [-0.4, -0.2) is 40.7 Å². The summed E-state index contributed by atoms with van der Waals surface area (Å²) in [5.74, 6) is 1.42. The van der Waals surface area contributed by atoms with Crippen molar-refractivity contribution in [3.63, 3.8) is 0 Å². The zero-order valence-electron chi connectivity index (χ0n) is 20.3. The highest BCUT2D eigenvalue weighted by Gasteiger charge is 2.42. The van der Waals surface area contributed by atoms with E-state index in [1.165, 1.54) is 10.9 Å². The number of amides is 1. The summed E-state index contributed by atoms with van der Waals surface area (Å²) in [5, 5.41) is 14.9. The molecule has 1 saturated carbocycles. The Morgan fingerprint density at radius 3 is 2.69 bits per heavy atom. The molecule has 1 aliphatic carbocycles. The third-order valence-corrected chi connectivity index (χ3v) is 7.80. The Morgan fingerprint density at radius 2 is 1.97 bits per heavy atom. The number of piperidine rings is 1. The molecule has 2 N–H and O–H groups in total. The lowest BCUT2D eigenvalue weighted by Crippen LogP contribution is -2.53. The molecule has 3 atom stereocenters. The van der Waals surface area contributed by atoms with Crippen LogP contribution in [0.4, 0.5) is 5.82 Å². The Labute approximate surface area is 192 Å². The van der Waals surface area contributed by atoms with Crippen LogP contribution in [0.2, 0.25) is 0 Å². The topological polar surface area (TPSA) is 65.5 Å². The van der Waals surface area contributed by atoms with Crippen molar-refractivity contribution < 1.29 is 9.90 Å². The Kier molecular flexibility index (Phi) is 6.23. The predicted octanol–water partition coefficient (Wildman–Crippen LogP) is 4.84. The molecule has 5 heteroatoms. The van der Waals surface area contributed by atoms with Crippen molar-refractivity contribution in [2.24, 2.45) is 17.3 Å². The number of rotatable bonds is 4. The molecule has 0 spiro atoms. The van der Waals surface area contributed by atoms with Crippen molar-refractivity contribution in [3.8, 4) is 0 Å². The van der Waals surface area contributed by atoms with Crippen molar-refractivity contribution in [1.82, 2.24) is 10.3 Å². The van der Waals surface area contributed by atoms with E-state index < -0.39 is 5.60 Å². The van der Waals surface area contributed by atoms with Crippen molar-refractivity contribution in [2.45, 2.75) is 78.4 Å². The first-order valence-corrected chi connectivity index (χ1v) is 12.2. The fourth-order valence-corrected chi connectivity index (χ4v) is 5.76. The molecule has 2 aromatic rings. The van der Waals surface area contributed by atoms with Gasteiger partial charge in [0.2, 0.25) is 5.91 Å². The highest BCUT2D eigenvalue weighted by atomic mass is 16.3. The largest absolute Gasteiger partial charge is 0.390 e. The molecule has 2 heterocycles. The van der Waals surface area contributed by atoms with Gasteiger partial charge in [-0.25, -0.2) is 4.98 Å². The highest BCUT2D eigenvalue weighted by molar-refractivity contribution is 5.83. The molecule has 1 amide bonds. The number of aryl methyl sites for hydroxylation is 1. The second-order valence-electron chi connectivity index (χ2n) is 11.3. The van der Waals surface area contributed by atoms with Crippen LogP contribution in [-0.2, 0) is 4.79 Å². The van der Waals surface area contributed by atoms with E-state index in [4.69, 9.17) is 4.98 Å². The second kappa shape index (κ2) is 8.66. The van der Waals surface area contributed by atoms with Gasteiger partial charge in [-0.1, -0.05) is 38.5 Å². The molecule has 0 bridgehead atoms. The van der Waals surface area contributed by atoms with Crippen LogP contribution in [0.1, 0.15) is 65.4 Å². The first kappa shape index (κ1) is 23.0. The number of hydrogen-bond donors (Lipinski definition) is 2. The van der Waals surface area contributed by atoms with Gasteiger partial charge < -0.3 is 15.3 Å². The molecule has 0 unspecified atom stereocenters. The number of carbonyl (C=O) groups is 1. The molecule has 5 nitrogen and oxygen atoms in total. The fraction of sp³-hybridized carbons (Fsp3) is 0.630. The van der Waals surface area contributed by atoms with Gasteiger partial charge in [0.15, 0.2) is 0 Å². The van der Waals surface area contributed by atoms with Crippen molar-refractivity contribution in [1.29, 1.82) is 0 Å². The summed E-state index contributed by atoms with van der Waals surface area (Å²) in [6.45, 7) is 11.9. The molecule has 1 saturated heterocycles. The van der Waals surface area contributed by atoms with Crippen LogP contribution in [0.15, 0.2) is 30.3 Å². The lowest BCUT2D eigenvalue weighted by atomic mass is 9.72. The number of fused-ring (bicyclic) bond motifs is 1. The molecule has 174 valence electrons. The van der Waals surface area contributed by atoms with E-state index in [0.29, 0.717) is 0 Å². The van der Waals surface area contributed by atoms with Crippen LogP contribution < -0.4 is 10.2 Å². The van der Waals surface area contributed by atoms with Gasteiger partial charge in [-0.05, 0) is 75.5 Å². The van der Waals surface area contributed by atoms with Gasteiger partial charge >= 0.3 is 0 Å². The number of aliphatic hydroxyl groups is 1. The molecule has 4 rings (SSSR count). The van der Waals surface area contributed by atoms with Crippen molar-refractivity contribution in [2.75, 3.05) is 18.0 Å². The SMILES string of the molecule is Cc1cccc2ccc(N3CC[C@H](C(=O)N[C@H]4CCC[C@H](C(C)(C)O)C4)C(C)(C)C3)nc12. The van der Waals surface area contributed by atoms with E-state index in [1.54, 1.807) is 0 Å². The average Bonchev–Trinajstić information content (AvgIpc) is 2.72. The number of pyridine rings is 1. The molecule has 1 aliphatic heterocycles. The van der Waals surface area contributed by atoms with Crippen molar-refractivity contribution in [3.05, 3.63) is 35.9 Å². The van der Waals surface area contributed by atoms with Gasteiger partial charge in [0, 0.05) is 30.4 Å². The number of nitrogens with one attached hydrogen (secondary N) is 1. The molecule has 2 aliphatic rings. The molecular weight excluding hydrogens is 398 g/mol. The number of para-hydroxylation sites is 1. The summed E-state index contributed by atoms with van der Waals surface area (Å²) < 4.78 is 0. The van der Waals surface area contributed by atoms with E-state index in [9.17, 15) is 9.90 Å². The zero-order chi connectivity index (χ0) is 23.1. The highest BCUT2D eigenvalue weighted by Crippen LogP contribution is 2.38. The second-order valence-corrected chi connectivity index (χ2v) is 11.3. The maximum Gasteiger partial charge on any atom is 0.224 e. The molecule has 1 aromatic carbocycles. The lowest BCUT2D eigenvalue weighted by Gasteiger charge is -2.45. The smallest absolute Gasteiger partial charge is 0.224 e. The quantitative estimate of drug-likeness (QED) is 0.718. The Hall–Kier alpha value is -2.14. The van der Waals surface area contributed by atoms with Crippen LogP contribution in [0.5, 0.6) is 0 Å². The minimum atomic E-state index is -0.681. The number of aromatic nitrogens is 1. The number of carbonyl (C=O) groups excluding carboxylic acids is 1. The molecule has 32 heavy (non-hydrogen) atoms. The number of anilines is 1. The van der Waals surface area contributed by atoms with E-state index >= 15 is 0 Å². The van der Waals surface area contributed by atoms with Crippen molar-refractivity contribution >= 4 is 22.6 Å². The summed E-state index contributed by atoms with van der Waals surface area (Å²) in [7, 11) is 0. The summed E-state index contributed by atoms with van der Waals surface area (Å²) in [5.41, 5.74) is 1.42. The Balaban J connectivity index is 1.43. The van der Waals surface area contributed by atoms with Gasteiger partial charge in [0.1, 0.15) is 5.82 Å². The molecule has 0 radical (unpaired) electrons. The number of hydrogen-bond acceptors (Lipinski definition) is 4. The molecular formula is C27H39N3O2. The first-order chi connectivity index (χ1) is 15.0. The maximum absolute atomic E-state index is 13.3. The van der Waals surface area contributed by atoms with Crippen LogP contribution in [0.25, 0.3) is 10.9 Å². The predicted molar refractivity (Wildman–Crippen MR) is 131 cm³/mol. The zero-order valence-corrected chi connectivity index (χ0v) is 20.3. The van der Waals surface area contributed by atoms with E-state index in [0.717, 1.165) is 56.5 Å². The van der Waals surface area contributed by atoms with Crippen LogP contribution in [0, 0.1) is 24.2 Å². The number of nitrogens with zero attached hydrogens (tertiary/aromatic N) is 2. The lowest BCUT2D eigenvalue weighted by molar-refractivity contribution is -0.130. The van der Waals surface area contributed by atoms with E-state index in [-0.39, 0.29) is 29.2 Å². The van der Waals surface area contributed by atoms with Gasteiger partial charge in [-0.15, -0.1) is 0 Å². The minimum absolute atomic E-state index is 0.0107. The Morgan fingerprint density at radius 1 is 1.19 bits per heavy atom. The van der Waals surface area contributed by atoms with Gasteiger partial charge in [0.25, 0.3) is 0 Å². The van der Waals surface area contributed by atoms with E-state index in [2.05, 4.69) is 61.3 Å². The van der Waals surface area contributed by atoms with Gasteiger partial charge in [0.05, 0.1) is 11.1 Å². The monoisotopic (exact) mass is 437 g/mol. The maximum atomic E-state index is 13.3. The summed E-state index contributed by atoms with van der Waals surface area (Å²) in [4.78, 5) is 20.6. The third-order valence-electron chi connectivity index (χ3n) is 7.80. The Bertz CT molecular complexity index is 979. The minimum Gasteiger partial charge on any atom is -0.390 e. The summed E-state index contributed by atoms with van der Waals surface area (Å²) in [6.07, 6.45) is 4.81. The molecule has 2 fully saturated rings. The van der Waals surface area contributed by atoms with Gasteiger partial charge in [-0.3, -0.25) is 4.79 Å².